The topological polar surface area (TPSA) is 126 Å². The molecule has 6 rings (SSSR count). The Balaban J connectivity index is 1.15. The largest absolute Gasteiger partial charge is 0.489 e. The lowest BCUT2D eigenvalue weighted by Gasteiger charge is -2.18. The number of hydrogen-bond acceptors (Lipinski definition) is 6. The van der Waals surface area contributed by atoms with Crippen molar-refractivity contribution in [3.8, 4) is 5.75 Å². The Bertz CT molecular complexity index is 2250. The van der Waals surface area contributed by atoms with E-state index in [1.165, 1.54) is 18.7 Å². The molecular weight excluding hydrogens is 709 g/mol. The van der Waals surface area contributed by atoms with Crippen molar-refractivity contribution in [1.82, 2.24) is 5.32 Å². The van der Waals surface area contributed by atoms with E-state index in [4.69, 9.17) is 4.74 Å². The Morgan fingerprint density at radius 2 is 1.16 bits per heavy atom. The van der Waals surface area contributed by atoms with Gasteiger partial charge in [-0.2, -0.15) is 0 Å². The summed E-state index contributed by atoms with van der Waals surface area (Å²) in [6, 6.07) is 49.3. The Kier molecular flexibility index (Phi) is 12.9. The van der Waals surface area contributed by atoms with E-state index in [-0.39, 0.29) is 17.5 Å². The first-order valence-corrected chi connectivity index (χ1v) is 18.3. The summed E-state index contributed by atoms with van der Waals surface area (Å²) in [5.41, 5.74) is 4.73. The van der Waals surface area contributed by atoms with Crippen LogP contribution >= 0.6 is 11.8 Å². The summed E-state index contributed by atoms with van der Waals surface area (Å²) in [7, 11) is 0. The SMILES string of the molecule is CC(=O)Nc1ccc(NC(=O)C(Sc2ccc(NC(=O)/C(=C/c3ccc(OCc4ccccc4)cc3)NC(=O)c3ccccc3)cc2)c2ccccc2)cc1. The molecule has 0 spiro atoms. The molecule has 0 radical (unpaired) electrons. The number of ether oxygens (including phenoxy) is 1. The number of nitrogens with one attached hydrogen (secondary N) is 4. The maximum atomic E-state index is 13.7. The van der Waals surface area contributed by atoms with Crippen LogP contribution in [0.25, 0.3) is 6.08 Å². The first-order chi connectivity index (χ1) is 26.8. The van der Waals surface area contributed by atoms with E-state index in [9.17, 15) is 19.2 Å². The van der Waals surface area contributed by atoms with Gasteiger partial charge in [0.25, 0.3) is 11.8 Å². The van der Waals surface area contributed by atoms with E-state index in [1.54, 1.807) is 66.7 Å². The van der Waals surface area contributed by atoms with Gasteiger partial charge in [0.1, 0.15) is 23.3 Å². The number of amides is 4. The summed E-state index contributed by atoms with van der Waals surface area (Å²) in [5, 5.41) is 10.8. The zero-order valence-electron chi connectivity index (χ0n) is 29.9. The molecule has 0 bridgehead atoms. The molecule has 274 valence electrons. The van der Waals surface area contributed by atoms with Crippen molar-refractivity contribution in [2.75, 3.05) is 16.0 Å². The van der Waals surface area contributed by atoms with E-state index in [1.807, 2.05) is 103 Å². The first kappa shape index (κ1) is 37.8. The average Bonchev–Trinajstić information content (AvgIpc) is 3.21. The highest BCUT2D eigenvalue weighted by Gasteiger charge is 2.23. The van der Waals surface area contributed by atoms with Crippen LogP contribution in [0, 0.1) is 0 Å². The molecule has 0 fully saturated rings. The lowest BCUT2D eigenvalue weighted by Crippen LogP contribution is -2.30. The Morgan fingerprint density at radius 1 is 0.618 bits per heavy atom. The molecular formula is C45H38N4O5S. The van der Waals surface area contributed by atoms with E-state index in [0.29, 0.717) is 40.5 Å². The van der Waals surface area contributed by atoms with Gasteiger partial charge in [0.2, 0.25) is 11.8 Å². The minimum absolute atomic E-state index is 0.0520. The average molecular weight is 747 g/mol. The molecule has 9 nitrogen and oxygen atoms in total. The highest BCUT2D eigenvalue weighted by atomic mass is 32.2. The minimum Gasteiger partial charge on any atom is -0.489 e. The monoisotopic (exact) mass is 746 g/mol. The second-order valence-corrected chi connectivity index (χ2v) is 13.5. The summed E-state index contributed by atoms with van der Waals surface area (Å²) < 4.78 is 5.91. The molecule has 0 aliphatic carbocycles. The van der Waals surface area contributed by atoms with Gasteiger partial charge in [-0.1, -0.05) is 91.0 Å². The van der Waals surface area contributed by atoms with Gasteiger partial charge < -0.3 is 26.0 Å². The van der Waals surface area contributed by atoms with Crippen LogP contribution in [0.3, 0.4) is 0 Å². The van der Waals surface area contributed by atoms with Gasteiger partial charge in [-0.05, 0) is 95.6 Å². The van der Waals surface area contributed by atoms with Crippen LogP contribution in [-0.4, -0.2) is 23.6 Å². The number of benzene rings is 6. The van der Waals surface area contributed by atoms with E-state index >= 15 is 0 Å². The quantitative estimate of drug-likeness (QED) is 0.0651. The van der Waals surface area contributed by atoms with Crippen molar-refractivity contribution in [2.24, 2.45) is 0 Å². The van der Waals surface area contributed by atoms with Crippen molar-refractivity contribution in [3.05, 3.63) is 192 Å². The molecule has 55 heavy (non-hydrogen) atoms. The molecule has 0 heterocycles. The smallest absolute Gasteiger partial charge is 0.272 e. The zero-order valence-corrected chi connectivity index (χ0v) is 30.7. The van der Waals surface area contributed by atoms with E-state index in [0.717, 1.165) is 16.0 Å². The molecule has 0 saturated carbocycles. The zero-order chi connectivity index (χ0) is 38.4. The standard InChI is InChI=1S/C45H38N4O5S/c1-31(50)46-36-19-21-37(22-20-36)48-45(53)42(34-13-7-3-8-14-34)55-40-27-23-38(24-28-40)47-44(52)41(49-43(51)35-15-9-4-10-16-35)29-32-17-25-39(26-18-32)54-30-33-11-5-2-6-12-33/h2-29,42H,30H2,1H3,(H,46,50)(H,47,52)(H,48,53)(H,49,51)/b41-29-. The second-order valence-electron chi connectivity index (χ2n) is 12.4. The van der Waals surface area contributed by atoms with Crippen LogP contribution in [-0.2, 0) is 21.0 Å². The van der Waals surface area contributed by atoms with Gasteiger partial charge in [0, 0.05) is 34.4 Å². The fraction of sp³-hybridized carbons (Fsp3) is 0.0667. The number of thioether (sulfide) groups is 1. The van der Waals surface area contributed by atoms with Gasteiger partial charge in [0.15, 0.2) is 0 Å². The molecule has 0 aromatic heterocycles. The highest BCUT2D eigenvalue weighted by Crippen LogP contribution is 2.37. The lowest BCUT2D eigenvalue weighted by molar-refractivity contribution is -0.116. The highest BCUT2D eigenvalue weighted by molar-refractivity contribution is 8.00. The molecule has 6 aromatic carbocycles. The predicted molar refractivity (Wildman–Crippen MR) is 219 cm³/mol. The number of hydrogen-bond donors (Lipinski definition) is 4. The summed E-state index contributed by atoms with van der Waals surface area (Å²) >= 11 is 1.37. The summed E-state index contributed by atoms with van der Waals surface area (Å²) in [6.07, 6.45) is 1.61. The summed E-state index contributed by atoms with van der Waals surface area (Å²) in [6.45, 7) is 1.86. The van der Waals surface area contributed by atoms with Gasteiger partial charge in [0.05, 0.1) is 0 Å². The third-order valence-corrected chi connectivity index (χ3v) is 9.41. The fourth-order valence-electron chi connectivity index (χ4n) is 5.41. The maximum Gasteiger partial charge on any atom is 0.272 e. The second kappa shape index (κ2) is 18.7. The van der Waals surface area contributed by atoms with Crippen LogP contribution in [0.4, 0.5) is 17.1 Å². The van der Waals surface area contributed by atoms with Gasteiger partial charge in [-0.15, -0.1) is 11.8 Å². The van der Waals surface area contributed by atoms with Crippen molar-refractivity contribution in [3.63, 3.8) is 0 Å². The molecule has 0 saturated heterocycles. The minimum atomic E-state index is -0.588. The van der Waals surface area contributed by atoms with E-state index in [2.05, 4.69) is 21.3 Å². The van der Waals surface area contributed by atoms with Crippen molar-refractivity contribution >= 4 is 58.5 Å². The molecule has 6 aromatic rings. The number of rotatable bonds is 14. The van der Waals surface area contributed by atoms with Crippen LogP contribution in [0.2, 0.25) is 0 Å². The van der Waals surface area contributed by atoms with E-state index < -0.39 is 17.1 Å². The van der Waals surface area contributed by atoms with Gasteiger partial charge >= 0.3 is 0 Å². The molecule has 10 heteroatoms. The number of anilines is 3. The van der Waals surface area contributed by atoms with Crippen LogP contribution in [0.1, 0.15) is 39.2 Å². The molecule has 1 unspecified atom stereocenters. The Labute approximate surface area is 323 Å². The van der Waals surface area contributed by atoms with Crippen LogP contribution < -0.4 is 26.0 Å². The molecule has 4 N–H and O–H groups in total. The van der Waals surface area contributed by atoms with Gasteiger partial charge in [-0.25, -0.2) is 0 Å². The van der Waals surface area contributed by atoms with Crippen molar-refractivity contribution in [2.45, 2.75) is 23.7 Å². The van der Waals surface area contributed by atoms with Crippen molar-refractivity contribution < 1.29 is 23.9 Å². The molecule has 1 atom stereocenters. The molecule has 0 aliphatic heterocycles. The number of carbonyl (C=O) groups is 4. The summed E-state index contributed by atoms with van der Waals surface area (Å²) in [4.78, 5) is 52.7. The van der Waals surface area contributed by atoms with Gasteiger partial charge in [-0.3, -0.25) is 19.2 Å². The Hall–Kier alpha value is -6.91. The van der Waals surface area contributed by atoms with Crippen LogP contribution in [0.15, 0.2) is 174 Å². The molecule has 4 amide bonds. The van der Waals surface area contributed by atoms with Crippen LogP contribution in [0.5, 0.6) is 5.75 Å². The lowest BCUT2D eigenvalue weighted by atomic mass is 10.1. The normalized spacial score (nSPS) is 11.5. The fourth-order valence-corrected chi connectivity index (χ4v) is 6.43. The first-order valence-electron chi connectivity index (χ1n) is 17.5. The third kappa shape index (κ3) is 11.3. The molecule has 0 aliphatic rings. The summed E-state index contributed by atoms with van der Waals surface area (Å²) in [5.74, 6) is -0.671. The number of carbonyl (C=O) groups excluding carboxylic acids is 4. The Morgan fingerprint density at radius 3 is 1.78 bits per heavy atom. The third-order valence-electron chi connectivity index (χ3n) is 8.15. The predicted octanol–water partition coefficient (Wildman–Crippen LogP) is 9.11. The maximum absolute atomic E-state index is 13.7. The van der Waals surface area contributed by atoms with Crippen molar-refractivity contribution in [1.29, 1.82) is 0 Å².